The highest BCUT2D eigenvalue weighted by Crippen LogP contribution is 2.37. The van der Waals surface area contributed by atoms with Gasteiger partial charge >= 0.3 is 6.09 Å². The number of carbonyl (C=O) groups is 1. The van der Waals surface area contributed by atoms with Crippen LogP contribution in [0.5, 0.6) is 0 Å². The summed E-state index contributed by atoms with van der Waals surface area (Å²) in [5.41, 5.74) is 4.24. The molecule has 0 aliphatic carbocycles. The van der Waals surface area contributed by atoms with Gasteiger partial charge in [-0.2, -0.15) is 0 Å². The predicted octanol–water partition coefficient (Wildman–Crippen LogP) is 3.66. The number of non-ortho nitro benzene ring substituents is 1. The van der Waals surface area contributed by atoms with E-state index in [0.717, 1.165) is 40.9 Å². The van der Waals surface area contributed by atoms with Crippen LogP contribution in [0.3, 0.4) is 0 Å². The number of amides is 1. The third-order valence-corrected chi connectivity index (χ3v) is 5.60. The first kappa shape index (κ1) is 17.4. The summed E-state index contributed by atoms with van der Waals surface area (Å²) in [7, 11) is 0. The van der Waals surface area contributed by atoms with E-state index in [4.69, 9.17) is 4.74 Å². The lowest BCUT2D eigenvalue weighted by atomic mass is 9.96. The molecule has 2 aliphatic rings. The Morgan fingerprint density at radius 1 is 1.07 bits per heavy atom. The number of hydrogen-bond donors (Lipinski definition) is 0. The maximum Gasteiger partial charge on any atom is 0.414 e. The number of nitro groups is 1. The number of fused-ring (bicyclic) bond motifs is 2. The summed E-state index contributed by atoms with van der Waals surface area (Å²) < 4.78 is 5.10. The third kappa shape index (κ3) is 2.84. The van der Waals surface area contributed by atoms with Gasteiger partial charge in [0.15, 0.2) is 0 Å². The van der Waals surface area contributed by atoms with E-state index >= 15 is 0 Å². The first-order valence-electron chi connectivity index (χ1n) is 9.44. The molecule has 1 amide bonds. The molecule has 5 rings (SSSR count). The minimum atomic E-state index is -0.374. The van der Waals surface area contributed by atoms with Gasteiger partial charge in [0.1, 0.15) is 6.61 Å². The van der Waals surface area contributed by atoms with Crippen molar-refractivity contribution in [1.29, 1.82) is 0 Å². The van der Waals surface area contributed by atoms with Crippen LogP contribution in [0.2, 0.25) is 0 Å². The Morgan fingerprint density at radius 3 is 2.76 bits per heavy atom. The summed E-state index contributed by atoms with van der Waals surface area (Å²) >= 11 is 0. The number of aromatic nitrogens is 1. The Hall–Kier alpha value is -3.68. The highest BCUT2D eigenvalue weighted by Gasteiger charge is 2.29. The fourth-order valence-corrected chi connectivity index (χ4v) is 4.25. The Morgan fingerprint density at radius 2 is 1.97 bits per heavy atom. The van der Waals surface area contributed by atoms with E-state index in [1.807, 2.05) is 24.3 Å². The van der Waals surface area contributed by atoms with Crippen LogP contribution in [0.25, 0.3) is 10.8 Å². The van der Waals surface area contributed by atoms with Gasteiger partial charge in [0, 0.05) is 42.6 Å². The quantitative estimate of drug-likeness (QED) is 0.501. The van der Waals surface area contributed by atoms with Crippen LogP contribution in [-0.4, -0.2) is 35.7 Å². The van der Waals surface area contributed by atoms with Crippen molar-refractivity contribution in [2.75, 3.05) is 29.5 Å². The molecule has 1 saturated heterocycles. The standard InChI is InChI=1S/C21H18N4O4/c26-21-24(10-11-29-21)19-3-1-2-14-13-23(9-7-15(14)19)18-4-5-20(25(27)28)17-12-22-8-6-16(17)18/h1-6,8,12H,7,9-11,13H2. The number of benzene rings is 2. The van der Waals surface area contributed by atoms with Gasteiger partial charge in [-0.3, -0.25) is 20.0 Å². The van der Waals surface area contributed by atoms with Crippen molar-refractivity contribution in [3.8, 4) is 0 Å². The Labute approximate surface area is 166 Å². The third-order valence-electron chi connectivity index (χ3n) is 5.60. The molecule has 2 aliphatic heterocycles. The van der Waals surface area contributed by atoms with E-state index in [0.29, 0.717) is 25.1 Å². The maximum absolute atomic E-state index is 12.0. The maximum atomic E-state index is 12.0. The van der Waals surface area contributed by atoms with Crippen LogP contribution in [0.1, 0.15) is 11.1 Å². The summed E-state index contributed by atoms with van der Waals surface area (Å²) in [5, 5.41) is 12.7. The first-order chi connectivity index (χ1) is 14.1. The van der Waals surface area contributed by atoms with Crippen molar-refractivity contribution >= 4 is 33.9 Å². The average Bonchev–Trinajstić information content (AvgIpc) is 3.17. The minimum Gasteiger partial charge on any atom is -0.447 e. The zero-order chi connectivity index (χ0) is 20.0. The van der Waals surface area contributed by atoms with Crippen LogP contribution in [-0.2, 0) is 17.7 Å². The number of pyridine rings is 1. The number of ether oxygens (including phenoxy) is 1. The van der Waals surface area contributed by atoms with E-state index in [-0.39, 0.29) is 16.7 Å². The molecule has 0 atom stereocenters. The van der Waals surface area contributed by atoms with Crippen molar-refractivity contribution in [1.82, 2.24) is 4.98 Å². The van der Waals surface area contributed by atoms with Gasteiger partial charge in [-0.05, 0) is 35.7 Å². The van der Waals surface area contributed by atoms with E-state index in [9.17, 15) is 14.9 Å². The van der Waals surface area contributed by atoms with Crippen LogP contribution in [0.4, 0.5) is 21.9 Å². The number of cyclic esters (lactones) is 1. The van der Waals surface area contributed by atoms with E-state index in [2.05, 4.69) is 16.0 Å². The van der Waals surface area contributed by atoms with Gasteiger partial charge in [-0.15, -0.1) is 0 Å². The van der Waals surface area contributed by atoms with Crippen molar-refractivity contribution in [2.24, 2.45) is 0 Å². The molecule has 2 aromatic carbocycles. The van der Waals surface area contributed by atoms with Gasteiger partial charge in [0.25, 0.3) is 5.69 Å². The average molecular weight is 390 g/mol. The Kier molecular flexibility index (Phi) is 4.04. The summed E-state index contributed by atoms with van der Waals surface area (Å²) in [5.74, 6) is 0. The second-order valence-corrected chi connectivity index (χ2v) is 7.13. The molecule has 0 N–H and O–H groups in total. The zero-order valence-electron chi connectivity index (χ0n) is 15.6. The molecule has 146 valence electrons. The second-order valence-electron chi connectivity index (χ2n) is 7.13. The summed E-state index contributed by atoms with van der Waals surface area (Å²) in [6.45, 7) is 2.40. The first-order valence-corrected chi connectivity index (χ1v) is 9.44. The van der Waals surface area contributed by atoms with Crippen molar-refractivity contribution in [2.45, 2.75) is 13.0 Å². The number of nitro benzene ring substituents is 1. The lowest BCUT2D eigenvalue weighted by Crippen LogP contribution is -2.33. The molecule has 3 aromatic rings. The molecule has 29 heavy (non-hydrogen) atoms. The SMILES string of the molecule is O=C1OCCN1c1cccc2c1CCN(c1ccc([N+](=O)[O-])c3cnccc13)C2. The lowest BCUT2D eigenvalue weighted by Gasteiger charge is -2.33. The highest BCUT2D eigenvalue weighted by molar-refractivity contribution is 5.99. The van der Waals surface area contributed by atoms with E-state index in [1.165, 1.54) is 0 Å². The van der Waals surface area contributed by atoms with E-state index < -0.39 is 0 Å². The minimum absolute atomic E-state index is 0.0593. The number of anilines is 2. The zero-order valence-corrected chi connectivity index (χ0v) is 15.6. The molecule has 1 aromatic heterocycles. The van der Waals surface area contributed by atoms with Gasteiger partial charge in [0.2, 0.25) is 0 Å². The molecule has 0 radical (unpaired) electrons. The highest BCUT2D eigenvalue weighted by atomic mass is 16.6. The molecule has 0 saturated carbocycles. The van der Waals surface area contributed by atoms with Crippen LogP contribution >= 0.6 is 0 Å². The lowest BCUT2D eigenvalue weighted by molar-refractivity contribution is -0.383. The smallest absolute Gasteiger partial charge is 0.414 e. The largest absolute Gasteiger partial charge is 0.447 e. The molecule has 8 nitrogen and oxygen atoms in total. The molecule has 0 spiro atoms. The number of carbonyl (C=O) groups excluding carboxylic acids is 1. The summed E-state index contributed by atoms with van der Waals surface area (Å²) in [4.78, 5) is 31.0. The second kappa shape index (κ2) is 6.73. The Balaban J connectivity index is 1.53. The van der Waals surface area contributed by atoms with E-state index in [1.54, 1.807) is 23.4 Å². The number of rotatable bonds is 3. The van der Waals surface area contributed by atoms with Gasteiger partial charge in [-0.25, -0.2) is 4.79 Å². The predicted molar refractivity (Wildman–Crippen MR) is 108 cm³/mol. The molecular weight excluding hydrogens is 372 g/mol. The van der Waals surface area contributed by atoms with Gasteiger partial charge in [0.05, 0.1) is 22.5 Å². The molecule has 0 bridgehead atoms. The van der Waals surface area contributed by atoms with Crippen LogP contribution in [0.15, 0.2) is 48.8 Å². The Bertz CT molecular complexity index is 1150. The van der Waals surface area contributed by atoms with Crippen LogP contribution in [0, 0.1) is 10.1 Å². The van der Waals surface area contributed by atoms with Crippen molar-refractivity contribution in [3.05, 3.63) is 70.0 Å². The topological polar surface area (TPSA) is 88.8 Å². The van der Waals surface area contributed by atoms with Crippen LogP contribution < -0.4 is 9.80 Å². The fraction of sp³-hybridized carbons (Fsp3) is 0.238. The monoisotopic (exact) mass is 390 g/mol. The normalized spacial score (nSPS) is 16.1. The van der Waals surface area contributed by atoms with Gasteiger partial charge < -0.3 is 9.64 Å². The molecule has 0 unspecified atom stereocenters. The number of nitrogens with zero attached hydrogens (tertiary/aromatic N) is 4. The number of hydrogen-bond acceptors (Lipinski definition) is 6. The fourth-order valence-electron chi connectivity index (χ4n) is 4.25. The summed E-state index contributed by atoms with van der Waals surface area (Å²) in [6, 6.07) is 11.2. The molecule has 1 fully saturated rings. The molecular formula is C21H18N4O4. The van der Waals surface area contributed by atoms with Gasteiger partial charge in [-0.1, -0.05) is 12.1 Å². The van der Waals surface area contributed by atoms with Crippen molar-refractivity contribution in [3.63, 3.8) is 0 Å². The molecule has 3 heterocycles. The summed E-state index contributed by atoms with van der Waals surface area (Å²) in [6.07, 6.45) is 3.68. The molecule has 8 heteroatoms. The van der Waals surface area contributed by atoms with Crippen molar-refractivity contribution < 1.29 is 14.5 Å².